The van der Waals surface area contributed by atoms with Gasteiger partial charge in [0.15, 0.2) is 11.5 Å². The molecule has 0 unspecified atom stereocenters. The third-order valence-electron chi connectivity index (χ3n) is 4.46. The van der Waals surface area contributed by atoms with E-state index < -0.39 is 20.2 Å². The van der Waals surface area contributed by atoms with E-state index in [9.17, 15) is 18.3 Å². The number of aromatic nitrogens is 4. The number of anilines is 1. The molecule has 3 aromatic heterocycles. The third kappa shape index (κ3) is 4.80. The molecule has 30 heavy (non-hydrogen) atoms. The molecule has 3 heterocycles. The molecule has 0 radical (unpaired) electrons. The maximum atomic E-state index is 13.2. The topological polar surface area (TPSA) is 138 Å². The summed E-state index contributed by atoms with van der Waals surface area (Å²) in [6, 6.07) is 2.73. The van der Waals surface area contributed by atoms with Crippen LogP contribution >= 0.6 is 22.9 Å². The van der Waals surface area contributed by atoms with Gasteiger partial charge < -0.3 is 10.4 Å². The van der Waals surface area contributed by atoms with Crippen LogP contribution in [0, 0.1) is 5.92 Å². The van der Waals surface area contributed by atoms with Gasteiger partial charge in [-0.3, -0.25) is 14.8 Å². The number of pyridine rings is 1. The first-order chi connectivity index (χ1) is 14.1. The van der Waals surface area contributed by atoms with E-state index in [0.717, 1.165) is 11.3 Å². The summed E-state index contributed by atoms with van der Waals surface area (Å²) in [5.41, 5.74) is 0.419. The second-order valence-corrected chi connectivity index (χ2v) is 10.9. The first kappa shape index (κ1) is 22.6. The number of nitrogens with zero attached hydrogens (tertiary/aromatic N) is 3. The number of thiazole rings is 1. The smallest absolute Gasteiger partial charge is 0.306 e. The van der Waals surface area contributed by atoms with E-state index in [-0.39, 0.29) is 34.9 Å². The van der Waals surface area contributed by atoms with Crippen molar-refractivity contribution in [2.75, 3.05) is 11.9 Å². The predicted octanol–water partition coefficient (Wildman–Crippen LogP) is 2.78. The van der Waals surface area contributed by atoms with Crippen LogP contribution in [0.4, 0.5) is 5.82 Å². The average molecular weight is 472 g/mol. The summed E-state index contributed by atoms with van der Waals surface area (Å²) in [7, 11) is -4.02. The molecule has 12 heteroatoms. The lowest BCUT2D eigenvalue weighted by molar-refractivity contribution is 0.259. The molecule has 0 bridgehead atoms. The normalized spacial score (nSPS) is 14.2. The highest BCUT2D eigenvalue weighted by Gasteiger charge is 2.31. The second-order valence-electron chi connectivity index (χ2n) is 7.29. The van der Waals surface area contributed by atoms with Crippen molar-refractivity contribution in [3.63, 3.8) is 0 Å². The zero-order valence-electron chi connectivity index (χ0n) is 16.6. The van der Waals surface area contributed by atoms with E-state index >= 15 is 0 Å². The van der Waals surface area contributed by atoms with Crippen molar-refractivity contribution < 1.29 is 13.5 Å². The van der Waals surface area contributed by atoms with Crippen LogP contribution in [0.1, 0.15) is 38.1 Å². The number of aromatic amines is 1. The molecule has 2 atom stereocenters. The number of aliphatic hydroxyl groups is 1. The first-order valence-electron chi connectivity index (χ1n) is 9.25. The van der Waals surface area contributed by atoms with Crippen molar-refractivity contribution in [2.24, 2.45) is 5.92 Å². The molecule has 3 aromatic rings. The average Bonchev–Trinajstić information content (AvgIpc) is 3.07. The van der Waals surface area contributed by atoms with Crippen LogP contribution in [0.2, 0.25) is 5.02 Å². The zero-order valence-corrected chi connectivity index (χ0v) is 19.0. The number of nitrogens with one attached hydrogen (secondary N) is 2. The lowest BCUT2D eigenvalue weighted by Crippen LogP contribution is -2.27. The number of fused-ring (bicyclic) bond motifs is 1. The maximum absolute atomic E-state index is 13.2. The lowest BCUT2D eigenvalue weighted by atomic mass is 10.0. The highest BCUT2D eigenvalue weighted by atomic mass is 35.5. The number of aliphatic hydroxyl groups excluding tert-OH is 1. The first-order valence-corrected chi connectivity index (χ1v) is 12.0. The van der Waals surface area contributed by atoms with Gasteiger partial charge in [-0.1, -0.05) is 36.8 Å². The van der Waals surface area contributed by atoms with Crippen molar-refractivity contribution in [2.45, 2.75) is 43.6 Å². The number of rotatable bonds is 8. The predicted molar refractivity (Wildman–Crippen MR) is 117 cm³/mol. The molecule has 3 rings (SSSR count). The van der Waals surface area contributed by atoms with E-state index in [0.29, 0.717) is 21.8 Å². The van der Waals surface area contributed by atoms with Gasteiger partial charge in [-0.2, -0.15) is 9.97 Å². The fourth-order valence-electron chi connectivity index (χ4n) is 2.94. The fourth-order valence-corrected chi connectivity index (χ4v) is 4.99. The van der Waals surface area contributed by atoms with Crippen molar-refractivity contribution >= 4 is 48.9 Å². The van der Waals surface area contributed by atoms with Crippen molar-refractivity contribution in [1.82, 2.24) is 19.9 Å². The van der Waals surface area contributed by atoms with Gasteiger partial charge in [0.25, 0.3) is 5.16 Å². The number of H-pyrrole nitrogens is 1. The summed E-state index contributed by atoms with van der Waals surface area (Å²) in [5.74, 6) is 0.481. The van der Waals surface area contributed by atoms with Crippen LogP contribution in [0.3, 0.4) is 0 Å². The Hall–Kier alpha value is -2.08. The Bertz CT molecular complexity index is 1190. The van der Waals surface area contributed by atoms with E-state index in [4.69, 9.17) is 11.6 Å². The molecular formula is C18H22ClN5O4S2. The van der Waals surface area contributed by atoms with Gasteiger partial charge in [0.2, 0.25) is 9.84 Å². The fraction of sp³-hybridized carbons (Fsp3) is 0.444. The van der Waals surface area contributed by atoms with Gasteiger partial charge in [-0.05, 0) is 31.4 Å². The van der Waals surface area contributed by atoms with Gasteiger partial charge in [0.05, 0.1) is 23.4 Å². The van der Waals surface area contributed by atoms with Crippen LogP contribution in [0.5, 0.6) is 0 Å². The van der Waals surface area contributed by atoms with Crippen LogP contribution in [-0.2, 0) is 9.84 Å². The summed E-state index contributed by atoms with van der Waals surface area (Å²) in [6.45, 7) is 5.32. The van der Waals surface area contributed by atoms with Gasteiger partial charge in [-0.25, -0.2) is 8.42 Å². The third-order valence-corrected chi connectivity index (χ3v) is 7.43. The highest BCUT2D eigenvalue weighted by molar-refractivity contribution is 7.91. The van der Waals surface area contributed by atoms with Gasteiger partial charge in [0.1, 0.15) is 9.95 Å². The van der Waals surface area contributed by atoms with Crippen LogP contribution in [0.15, 0.2) is 28.3 Å². The van der Waals surface area contributed by atoms with Gasteiger partial charge in [-0.15, -0.1) is 0 Å². The summed E-state index contributed by atoms with van der Waals surface area (Å²) in [4.78, 5) is 26.4. The van der Waals surface area contributed by atoms with Crippen LogP contribution < -0.4 is 10.2 Å². The molecule has 0 fully saturated rings. The van der Waals surface area contributed by atoms with Crippen molar-refractivity contribution in [3.8, 4) is 0 Å². The molecule has 162 valence electrons. The maximum Gasteiger partial charge on any atom is 0.306 e. The molecule has 0 aromatic carbocycles. The summed E-state index contributed by atoms with van der Waals surface area (Å²) in [5, 5.41) is 11.7. The summed E-state index contributed by atoms with van der Waals surface area (Å²) >= 11 is 6.71. The van der Waals surface area contributed by atoms with Crippen LogP contribution in [-0.4, -0.2) is 46.1 Å². The van der Waals surface area contributed by atoms with E-state index in [1.54, 1.807) is 6.07 Å². The Morgan fingerprint density at radius 2 is 2.00 bits per heavy atom. The number of hydrogen-bond acceptors (Lipinski definition) is 9. The molecule has 0 aliphatic carbocycles. The molecular weight excluding hydrogens is 450 g/mol. The summed E-state index contributed by atoms with van der Waals surface area (Å²) < 4.78 is 26.8. The minimum atomic E-state index is -4.02. The van der Waals surface area contributed by atoms with Crippen molar-refractivity contribution in [3.05, 3.63) is 38.7 Å². The van der Waals surface area contributed by atoms with Crippen molar-refractivity contribution in [1.29, 1.82) is 0 Å². The SMILES string of the molecule is CC(C)C[C@H](CO)Nc1nc(S(=O)(=O)[C@@H](C)c2ccc(Cl)cn2)nc2[nH]c(=O)sc12. The number of sulfone groups is 1. The Morgan fingerprint density at radius 3 is 2.60 bits per heavy atom. The second kappa shape index (κ2) is 8.96. The molecule has 0 amide bonds. The molecule has 0 aliphatic rings. The number of halogens is 1. The standard InChI is InChI=1S/C18H22ClN5O4S2/c1-9(2)6-12(8-25)21-15-14-16(24-18(26)29-14)23-17(22-15)30(27,28)10(3)13-5-4-11(19)7-20-13/h4-5,7,9-10,12,25H,6,8H2,1-3H3,(H2,21,22,23,24,26)/t10-,12+/m0/s1. The molecule has 0 saturated heterocycles. The zero-order chi connectivity index (χ0) is 22.1. The Morgan fingerprint density at radius 1 is 1.27 bits per heavy atom. The molecule has 0 spiro atoms. The minimum absolute atomic E-state index is 0.124. The Balaban J connectivity index is 2.07. The Labute approximate surface area is 182 Å². The van der Waals surface area contributed by atoms with Crippen LogP contribution in [0.25, 0.3) is 10.3 Å². The number of hydrogen-bond donors (Lipinski definition) is 3. The van der Waals surface area contributed by atoms with Gasteiger partial charge >= 0.3 is 4.87 Å². The minimum Gasteiger partial charge on any atom is -0.394 e. The Kier molecular flexibility index (Phi) is 6.75. The monoisotopic (exact) mass is 471 g/mol. The van der Waals surface area contributed by atoms with E-state index in [1.165, 1.54) is 19.2 Å². The molecule has 0 saturated carbocycles. The molecule has 9 nitrogen and oxygen atoms in total. The van der Waals surface area contributed by atoms with Gasteiger partial charge in [0, 0.05) is 6.20 Å². The van der Waals surface area contributed by atoms with E-state index in [1.807, 2.05) is 13.8 Å². The quantitative estimate of drug-likeness (QED) is 0.426. The highest BCUT2D eigenvalue weighted by Crippen LogP contribution is 2.30. The lowest BCUT2D eigenvalue weighted by Gasteiger charge is -2.19. The molecule has 0 aliphatic heterocycles. The van der Waals surface area contributed by atoms with E-state index in [2.05, 4.69) is 25.3 Å². The largest absolute Gasteiger partial charge is 0.394 e. The summed E-state index contributed by atoms with van der Waals surface area (Å²) in [6.07, 6.45) is 2.00. The molecule has 3 N–H and O–H groups in total.